The fourth-order valence-corrected chi connectivity index (χ4v) is 3.84. The molecule has 0 bridgehead atoms. The lowest BCUT2D eigenvalue weighted by molar-refractivity contribution is 0.0666. The molecule has 4 rings (SSSR count). The van der Waals surface area contributed by atoms with Crippen LogP contribution in [0.1, 0.15) is 46.0 Å². The van der Waals surface area contributed by atoms with Crippen molar-refractivity contribution in [1.29, 1.82) is 0 Å². The molecule has 0 aromatic carbocycles. The minimum absolute atomic E-state index is 0.00131. The zero-order valence-corrected chi connectivity index (χ0v) is 15.5. The van der Waals surface area contributed by atoms with Crippen molar-refractivity contribution in [2.24, 2.45) is 5.92 Å². The predicted octanol–water partition coefficient (Wildman–Crippen LogP) is 2.47. The molecule has 26 heavy (non-hydrogen) atoms. The van der Waals surface area contributed by atoms with Crippen LogP contribution in [0.5, 0.6) is 0 Å². The number of hydrogen-bond donors (Lipinski definition) is 1. The number of carbonyl (C=O) groups excluding carboxylic acids is 1. The number of aryl methyl sites for hydroxylation is 3. The van der Waals surface area contributed by atoms with Gasteiger partial charge in [-0.1, -0.05) is 0 Å². The van der Waals surface area contributed by atoms with Crippen molar-refractivity contribution in [3.8, 4) is 0 Å². The van der Waals surface area contributed by atoms with Gasteiger partial charge in [-0.3, -0.25) is 9.89 Å². The molecule has 7 heteroatoms. The van der Waals surface area contributed by atoms with Gasteiger partial charge in [0.15, 0.2) is 11.3 Å². The third kappa shape index (κ3) is 3.09. The summed E-state index contributed by atoms with van der Waals surface area (Å²) in [6.45, 7) is 7.55. The van der Waals surface area contributed by atoms with Gasteiger partial charge in [0.25, 0.3) is 5.91 Å². The summed E-state index contributed by atoms with van der Waals surface area (Å²) >= 11 is 0. The number of carbonyl (C=O) groups is 1. The Hall–Kier alpha value is -2.70. The SMILES string of the molecule is Cc1cc(C)n2nc(C(=O)N3CCCC(Cc4[nH]ncc4C)C3)cc2n1. The van der Waals surface area contributed by atoms with Crippen molar-refractivity contribution in [2.75, 3.05) is 13.1 Å². The summed E-state index contributed by atoms with van der Waals surface area (Å²) in [4.78, 5) is 19.4. The quantitative estimate of drug-likeness (QED) is 0.785. The average molecular weight is 352 g/mol. The Morgan fingerprint density at radius 1 is 1.31 bits per heavy atom. The molecule has 1 saturated heterocycles. The number of aromatic nitrogens is 5. The van der Waals surface area contributed by atoms with E-state index in [0.717, 1.165) is 49.4 Å². The second-order valence-corrected chi connectivity index (χ2v) is 7.33. The van der Waals surface area contributed by atoms with Gasteiger partial charge < -0.3 is 4.90 Å². The highest BCUT2D eigenvalue weighted by Gasteiger charge is 2.27. The van der Waals surface area contributed by atoms with E-state index in [0.29, 0.717) is 11.6 Å². The molecule has 4 heterocycles. The number of nitrogens with zero attached hydrogens (tertiary/aromatic N) is 5. The van der Waals surface area contributed by atoms with E-state index in [1.165, 1.54) is 11.3 Å². The highest BCUT2D eigenvalue weighted by molar-refractivity contribution is 5.93. The van der Waals surface area contributed by atoms with Gasteiger partial charge in [0.2, 0.25) is 0 Å². The Labute approximate surface area is 152 Å². The van der Waals surface area contributed by atoms with E-state index in [1.54, 1.807) is 10.6 Å². The van der Waals surface area contributed by atoms with Crippen molar-refractivity contribution < 1.29 is 4.79 Å². The zero-order valence-electron chi connectivity index (χ0n) is 15.5. The Kier molecular flexibility index (Phi) is 4.22. The van der Waals surface area contributed by atoms with E-state index in [2.05, 4.69) is 27.2 Å². The highest BCUT2D eigenvalue weighted by atomic mass is 16.2. The molecule has 136 valence electrons. The number of aromatic amines is 1. The van der Waals surface area contributed by atoms with Crippen LogP contribution in [0.15, 0.2) is 18.3 Å². The molecule has 3 aromatic heterocycles. The van der Waals surface area contributed by atoms with E-state index >= 15 is 0 Å². The number of amides is 1. The molecule has 7 nitrogen and oxygen atoms in total. The molecule has 1 aliphatic rings. The second kappa shape index (κ2) is 6.55. The van der Waals surface area contributed by atoms with Gasteiger partial charge in [-0.25, -0.2) is 9.50 Å². The van der Waals surface area contributed by atoms with E-state index < -0.39 is 0 Å². The van der Waals surface area contributed by atoms with E-state index in [-0.39, 0.29) is 5.91 Å². The van der Waals surface area contributed by atoms with Crippen molar-refractivity contribution >= 4 is 11.6 Å². The number of likely N-dealkylation sites (tertiary alicyclic amines) is 1. The molecule has 1 atom stereocenters. The van der Waals surface area contributed by atoms with Crippen molar-refractivity contribution in [3.05, 3.63) is 46.7 Å². The lowest BCUT2D eigenvalue weighted by Crippen LogP contribution is -2.40. The zero-order chi connectivity index (χ0) is 18.3. The number of fused-ring (bicyclic) bond motifs is 1. The first-order valence-corrected chi connectivity index (χ1v) is 9.13. The number of nitrogens with one attached hydrogen (secondary N) is 1. The first-order valence-electron chi connectivity index (χ1n) is 9.13. The van der Waals surface area contributed by atoms with Gasteiger partial charge in [0, 0.05) is 36.2 Å². The first kappa shape index (κ1) is 16.8. The molecular formula is C19H24N6O. The minimum Gasteiger partial charge on any atom is -0.337 e. The maximum absolute atomic E-state index is 13.0. The summed E-state index contributed by atoms with van der Waals surface area (Å²) in [5.41, 5.74) is 5.48. The van der Waals surface area contributed by atoms with Crippen LogP contribution < -0.4 is 0 Å². The Bertz CT molecular complexity index is 956. The van der Waals surface area contributed by atoms with Crippen molar-refractivity contribution in [1.82, 2.24) is 29.7 Å². The van der Waals surface area contributed by atoms with Crippen LogP contribution in [-0.2, 0) is 6.42 Å². The van der Waals surface area contributed by atoms with Gasteiger partial charge >= 0.3 is 0 Å². The van der Waals surface area contributed by atoms with Gasteiger partial charge in [-0.05, 0) is 57.6 Å². The molecule has 0 spiro atoms. The van der Waals surface area contributed by atoms with Crippen LogP contribution in [0, 0.1) is 26.7 Å². The molecule has 0 saturated carbocycles. The number of piperidine rings is 1. The topological polar surface area (TPSA) is 79.2 Å². The summed E-state index contributed by atoms with van der Waals surface area (Å²) < 4.78 is 1.75. The summed E-state index contributed by atoms with van der Waals surface area (Å²) in [6.07, 6.45) is 4.94. The molecular weight excluding hydrogens is 328 g/mol. The number of rotatable bonds is 3. The average Bonchev–Trinajstić information content (AvgIpc) is 3.21. The molecule has 1 fully saturated rings. The fraction of sp³-hybridized carbons (Fsp3) is 0.474. The summed E-state index contributed by atoms with van der Waals surface area (Å²) in [5, 5.41) is 11.7. The maximum atomic E-state index is 13.0. The fourth-order valence-electron chi connectivity index (χ4n) is 3.84. The van der Waals surface area contributed by atoms with Crippen molar-refractivity contribution in [2.45, 2.75) is 40.0 Å². The summed E-state index contributed by atoms with van der Waals surface area (Å²) in [5.74, 6) is 0.449. The van der Waals surface area contributed by atoms with E-state index in [1.807, 2.05) is 31.0 Å². The number of H-pyrrole nitrogens is 1. The maximum Gasteiger partial charge on any atom is 0.274 e. The molecule has 0 radical (unpaired) electrons. The normalized spacial score (nSPS) is 17.8. The largest absolute Gasteiger partial charge is 0.337 e. The van der Waals surface area contributed by atoms with Crippen LogP contribution in [-0.4, -0.2) is 48.7 Å². The van der Waals surface area contributed by atoms with Crippen molar-refractivity contribution in [3.63, 3.8) is 0 Å². The molecule has 0 aliphatic carbocycles. The molecule has 1 N–H and O–H groups in total. The van der Waals surface area contributed by atoms with Crippen LogP contribution >= 0.6 is 0 Å². The first-order chi connectivity index (χ1) is 12.5. The van der Waals surface area contributed by atoms with Crippen LogP contribution in [0.4, 0.5) is 0 Å². The number of hydrogen-bond acceptors (Lipinski definition) is 4. The third-order valence-electron chi connectivity index (χ3n) is 5.19. The van der Waals surface area contributed by atoms with Crippen LogP contribution in [0.25, 0.3) is 5.65 Å². The monoisotopic (exact) mass is 352 g/mol. The third-order valence-corrected chi connectivity index (χ3v) is 5.19. The van der Waals surface area contributed by atoms with Gasteiger partial charge in [0.05, 0.1) is 6.20 Å². The Morgan fingerprint density at radius 2 is 2.15 bits per heavy atom. The Balaban J connectivity index is 1.52. The van der Waals surface area contributed by atoms with Gasteiger partial charge in [-0.15, -0.1) is 0 Å². The Morgan fingerprint density at radius 3 is 2.92 bits per heavy atom. The molecule has 1 amide bonds. The van der Waals surface area contributed by atoms with Crippen LogP contribution in [0.2, 0.25) is 0 Å². The molecule has 3 aromatic rings. The smallest absolute Gasteiger partial charge is 0.274 e. The minimum atomic E-state index is -0.00131. The second-order valence-electron chi connectivity index (χ2n) is 7.33. The molecule has 1 unspecified atom stereocenters. The van der Waals surface area contributed by atoms with Gasteiger partial charge in [-0.2, -0.15) is 10.2 Å². The van der Waals surface area contributed by atoms with Gasteiger partial charge in [0.1, 0.15) is 0 Å². The lowest BCUT2D eigenvalue weighted by Gasteiger charge is -2.32. The standard InChI is InChI=1S/C19H24N6O/c1-12-10-20-22-16(12)8-15-5-4-6-24(11-15)19(26)17-9-18-21-13(2)7-14(3)25(18)23-17/h7,9-10,15H,4-6,8,11H2,1-3H3,(H,20,22). The summed E-state index contributed by atoms with van der Waals surface area (Å²) in [6, 6.07) is 3.77. The lowest BCUT2D eigenvalue weighted by atomic mass is 9.92. The van der Waals surface area contributed by atoms with E-state index in [4.69, 9.17) is 0 Å². The van der Waals surface area contributed by atoms with Crippen LogP contribution in [0.3, 0.4) is 0 Å². The molecule has 1 aliphatic heterocycles. The summed E-state index contributed by atoms with van der Waals surface area (Å²) in [7, 11) is 0. The van der Waals surface area contributed by atoms with E-state index in [9.17, 15) is 4.79 Å². The predicted molar refractivity (Wildman–Crippen MR) is 98.1 cm³/mol. The highest BCUT2D eigenvalue weighted by Crippen LogP contribution is 2.23.